The van der Waals surface area contributed by atoms with Gasteiger partial charge in [-0.3, -0.25) is 4.90 Å². The topological polar surface area (TPSA) is 75.5 Å². The van der Waals surface area contributed by atoms with Gasteiger partial charge >= 0.3 is 11.7 Å². The normalized spacial score (nSPS) is 19.2. The van der Waals surface area contributed by atoms with Crippen LogP contribution in [0.1, 0.15) is 51.4 Å². The Labute approximate surface area is 111 Å². The summed E-state index contributed by atoms with van der Waals surface area (Å²) in [4.78, 5) is 25.3. The van der Waals surface area contributed by atoms with Crippen LogP contribution in [-0.2, 0) is 11.2 Å². The molecular weight excluding hydrogens is 248 g/mol. The fraction of sp³-hybridized carbons (Fsp3) is 0.692. The first-order valence-electron chi connectivity index (χ1n) is 6.53. The average Bonchev–Trinajstić information content (AvgIpc) is 2.68. The van der Waals surface area contributed by atoms with Crippen molar-refractivity contribution in [3.8, 4) is 0 Å². The lowest BCUT2D eigenvalue weighted by Gasteiger charge is -2.35. The maximum atomic E-state index is 12.2. The second-order valence-corrected chi connectivity index (χ2v) is 5.73. The quantitative estimate of drug-likeness (QED) is 0.847. The molecule has 1 aromatic heterocycles. The summed E-state index contributed by atoms with van der Waals surface area (Å²) in [7, 11) is 0. The number of amides is 1. The predicted octanol–water partition coefficient (Wildman–Crippen LogP) is 2.21. The molecule has 1 aromatic rings. The third-order valence-corrected chi connectivity index (χ3v) is 3.15. The Balaban J connectivity index is 2.25. The summed E-state index contributed by atoms with van der Waals surface area (Å²) < 4.78 is 10.2. The Morgan fingerprint density at radius 2 is 2.21 bits per heavy atom. The van der Waals surface area contributed by atoms with Gasteiger partial charge in [0.2, 0.25) is 0 Å². The number of fused-ring (bicyclic) bond motifs is 1. The van der Waals surface area contributed by atoms with Crippen molar-refractivity contribution in [2.24, 2.45) is 0 Å². The fourth-order valence-electron chi connectivity index (χ4n) is 2.35. The van der Waals surface area contributed by atoms with Crippen LogP contribution in [0.5, 0.6) is 0 Å². The molecule has 0 saturated heterocycles. The van der Waals surface area contributed by atoms with Gasteiger partial charge in [-0.2, -0.15) is 0 Å². The Hall–Kier alpha value is -1.72. The van der Waals surface area contributed by atoms with Gasteiger partial charge in [0, 0.05) is 6.54 Å². The van der Waals surface area contributed by atoms with E-state index in [1.165, 1.54) is 0 Å². The molecule has 1 N–H and O–H groups in total. The molecule has 1 atom stereocenters. The molecule has 106 valence electrons. The number of nitrogens with zero attached hydrogens (tertiary/aromatic N) is 1. The van der Waals surface area contributed by atoms with Gasteiger partial charge in [0.1, 0.15) is 5.60 Å². The van der Waals surface area contributed by atoms with E-state index in [9.17, 15) is 9.59 Å². The lowest BCUT2D eigenvalue weighted by atomic mass is 9.98. The minimum Gasteiger partial charge on any atom is -0.444 e. The Kier molecular flexibility index (Phi) is 3.43. The zero-order valence-corrected chi connectivity index (χ0v) is 11.8. The lowest BCUT2D eigenvalue weighted by Crippen LogP contribution is -2.43. The van der Waals surface area contributed by atoms with Crippen LogP contribution >= 0.6 is 0 Å². The number of carbonyl (C=O) groups is 1. The highest BCUT2D eigenvalue weighted by atomic mass is 16.6. The average molecular weight is 268 g/mol. The number of hydrogen-bond acceptors (Lipinski definition) is 4. The first-order chi connectivity index (χ1) is 8.83. The van der Waals surface area contributed by atoms with Gasteiger partial charge in [-0.15, -0.1) is 0 Å². The van der Waals surface area contributed by atoms with E-state index in [1.807, 2.05) is 27.7 Å². The Morgan fingerprint density at radius 1 is 1.53 bits per heavy atom. The second-order valence-electron chi connectivity index (χ2n) is 5.73. The van der Waals surface area contributed by atoms with Gasteiger partial charge in [-0.05, 0) is 33.6 Å². The molecule has 2 rings (SSSR count). The summed E-state index contributed by atoms with van der Waals surface area (Å²) in [5.74, 6) is 0. The van der Waals surface area contributed by atoms with E-state index in [2.05, 4.69) is 5.16 Å². The number of rotatable bonds is 1. The van der Waals surface area contributed by atoms with Crippen molar-refractivity contribution in [2.75, 3.05) is 6.54 Å². The first-order valence-corrected chi connectivity index (χ1v) is 6.53. The van der Waals surface area contributed by atoms with Crippen molar-refractivity contribution >= 4 is 6.09 Å². The molecule has 1 aliphatic rings. The number of ether oxygens (including phenoxy) is 1. The third kappa shape index (κ3) is 2.67. The second kappa shape index (κ2) is 4.75. The van der Waals surface area contributed by atoms with E-state index in [1.54, 1.807) is 4.90 Å². The Bertz CT molecular complexity index is 523. The summed E-state index contributed by atoms with van der Waals surface area (Å²) in [6.45, 7) is 7.94. The van der Waals surface area contributed by atoms with E-state index in [0.29, 0.717) is 30.6 Å². The van der Waals surface area contributed by atoms with E-state index in [0.717, 1.165) is 0 Å². The zero-order valence-electron chi connectivity index (χ0n) is 11.8. The van der Waals surface area contributed by atoms with Gasteiger partial charge in [0.05, 0.1) is 17.3 Å². The van der Waals surface area contributed by atoms with E-state index < -0.39 is 5.60 Å². The smallest absolute Gasteiger partial charge is 0.410 e. The van der Waals surface area contributed by atoms with Crippen LogP contribution in [0.4, 0.5) is 4.79 Å². The minimum absolute atomic E-state index is 0.190. The molecule has 0 aromatic carbocycles. The number of aromatic nitrogens is 1. The van der Waals surface area contributed by atoms with Crippen LogP contribution < -0.4 is 5.63 Å². The molecular formula is C13H20N2O4. The van der Waals surface area contributed by atoms with E-state index >= 15 is 0 Å². The van der Waals surface area contributed by atoms with E-state index in [-0.39, 0.29) is 17.8 Å². The highest BCUT2D eigenvalue weighted by Gasteiger charge is 2.35. The van der Waals surface area contributed by atoms with E-state index in [4.69, 9.17) is 9.26 Å². The van der Waals surface area contributed by atoms with Crippen molar-refractivity contribution in [1.82, 2.24) is 10.1 Å². The monoisotopic (exact) mass is 268 g/mol. The number of H-pyrrole nitrogens is 1. The maximum absolute atomic E-state index is 12.2. The summed E-state index contributed by atoms with van der Waals surface area (Å²) in [5, 5.41) is 2.64. The number of nitrogens with one attached hydrogen (secondary N) is 1. The summed E-state index contributed by atoms with van der Waals surface area (Å²) in [6, 6.07) is -0.190. The largest absolute Gasteiger partial charge is 0.444 e. The molecule has 0 radical (unpaired) electrons. The van der Waals surface area contributed by atoms with Gasteiger partial charge in [-0.1, -0.05) is 6.92 Å². The van der Waals surface area contributed by atoms with Crippen molar-refractivity contribution < 1.29 is 14.1 Å². The van der Waals surface area contributed by atoms with Crippen LogP contribution in [-0.4, -0.2) is 28.3 Å². The van der Waals surface area contributed by atoms with Crippen LogP contribution in [0.3, 0.4) is 0 Å². The molecule has 0 aliphatic carbocycles. The van der Waals surface area contributed by atoms with Crippen molar-refractivity contribution in [3.05, 3.63) is 21.7 Å². The van der Waals surface area contributed by atoms with Crippen molar-refractivity contribution in [1.29, 1.82) is 0 Å². The van der Waals surface area contributed by atoms with Gasteiger partial charge in [0.25, 0.3) is 0 Å². The SMILES string of the molecule is CCC1c2[nH]oc(=O)c2CCN1C(=O)OC(C)(C)C. The number of aromatic amines is 1. The Morgan fingerprint density at radius 3 is 2.79 bits per heavy atom. The standard InChI is InChI=1S/C13H20N2O4/c1-5-9-10-8(11(16)19-14-10)6-7-15(9)12(17)18-13(2,3)4/h9,14H,5-7H2,1-4H3. The molecule has 1 unspecified atom stereocenters. The molecule has 6 nitrogen and oxygen atoms in total. The van der Waals surface area contributed by atoms with Crippen molar-refractivity contribution in [2.45, 2.75) is 52.2 Å². The van der Waals surface area contributed by atoms with Crippen LogP contribution in [0.15, 0.2) is 9.32 Å². The minimum atomic E-state index is -0.528. The highest BCUT2D eigenvalue weighted by Crippen LogP contribution is 2.30. The molecule has 0 bridgehead atoms. The van der Waals surface area contributed by atoms with Crippen molar-refractivity contribution in [3.63, 3.8) is 0 Å². The highest BCUT2D eigenvalue weighted by molar-refractivity contribution is 5.69. The van der Waals surface area contributed by atoms with Gasteiger partial charge in [-0.25, -0.2) is 14.7 Å². The maximum Gasteiger partial charge on any atom is 0.410 e. The van der Waals surface area contributed by atoms with Crippen LogP contribution in [0, 0.1) is 0 Å². The summed E-state index contributed by atoms with van der Waals surface area (Å²) in [6.07, 6.45) is 0.838. The van der Waals surface area contributed by atoms with Gasteiger partial charge < -0.3 is 9.26 Å². The molecule has 0 fully saturated rings. The van der Waals surface area contributed by atoms with Crippen LogP contribution in [0.2, 0.25) is 0 Å². The summed E-state index contributed by atoms with van der Waals surface area (Å²) >= 11 is 0. The van der Waals surface area contributed by atoms with Gasteiger partial charge in [0.15, 0.2) is 0 Å². The third-order valence-electron chi connectivity index (χ3n) is 3.15. The molecule has 6 heteroatoms. The number of hydrogen-bond donors (Lipinski definition) is 1. The molecule has 2 heterocycles. The molecule has 1 aliphatic heterocycles. The number of carbonyl (C=O) groups excluding carboxylic acids is 1. The first kappa shape index (κ1) is 13.7. The molecule has 19 heavy (non-hydrogen) atoms. The molecule has 1 amide bonds. The fourth-order valence-corrected chi connectivity index (χ4v) is 2.35. The summed E-state index contributed by atoms with van der Waals surface area (Å²) in [5.41, 5.74) is 0.480. The predicted molar refractivity (Wildman–Crippen MR) is 69.0 cm³/mol. The zero-order chi connectivity index (χ0) is 14.2. The molecule has 0 spiro atoms. The van der Waals surface area contributed by atoms with Crippen LogP contribution in [0.25, 0.3) is 0 Å². The lowest BCUT2D eigenvalue weighted by molar-refractivity contribution is 0.0131. The molecule has 0 saturated carbocycles.